The van der Waals surface area contributed by atoms with Gasteiger partial charge in [-0.25, -0.2) is 12.7 Å². The first kappa shape index (κ1) is 55.7. The Morgan fingerprint density at radius 1 is 0.600 bits per heavy atom. The Bertz CT molecular complexity index is 2770. The van der Waals surface area contributed by atoms with Crippen LogP contribution in [0.1, 0.15) is 112 Å². The van der Waals surface area contributed by atoms with Crippen LogP contribution in [0.2, 0.25) is 0 Å². The van der Waals surface area contributed by atoms with Crippen molar-refractivity contribution >= 4 is 80.4 Å². The fraction of sp³-hybridized carbons (Fsp3) is 0.600. The third kappa shape index (κ3) is 13.7. The van der Waals surface area contributed by atoms with E-state index in [1.165, 1.54) is 10.6 Å². The van der Waals surface area contributed by atoms with Gasteiger partial charge in [0.2, 0.25) is 33.7 Å². The Balaban J connectivity index is 0.000000198. The van der Waals surface area contributed by atoms with Gasteiger partial charge in [-0.2, -0.15) is 10.2 Å². The molecule has 5 N–H and O–H groups in total. The second kappa shape index (κ2) is 24.7. The summed E-state index contributed by atoms with van der Waals surface area (Å²) >= 11 is 0. The first-order valence-corrected chi connectivity index (χ1v) is 29.0. The zero-order chi connectivity index (χ0) is 52.1. The molecule has 4 amide bonds. The highest BCUT2D eigenvalue weighted by molar-refractivity contribution is 7.88. The van der Waals surface area contributed by atoms with Gasteiger partial charge in [0.15, 0.2) is 0 Å². The fourth-order valence-electron chi connectivity index (χ4n) is 12.0. The van der Waals surface area contributed by atoms with Gasteiger partial charge in [-0.3, -0.25) is 28.5 Å². The highest BCUT2D eigenvalue weighted by Crippen LogP contribution is 2.41. The van der Waals surface area contributed by atoms with Crippen LogP contribution in [0.15, 0.2) is 48.8 Å². The molecule has 0 unspecified atom stereocenters. The van der Waals surface area contributed by atoms with Gasteiger partial charge in [-0.05, 0) is 163 Å². The number of anilines is 6. The van der Waals surface area contributed by atoms with Crippen LogP contribution in [0.4, 0.5) is 34.4 Å². The molecule has 0 spiro atoms. The second-order valence-electron chi connectivity index (χ2n) is 22.2. The molecule has 4 fully saturated rings. The Kier molecular flexibility index (Phi) is 18.3. The number of sulfonamides is 1. The average Bonchev–Trinajstić information content (AvgIpc) is 3.79. The molecular formula is C55H79ClN12O6S. The number of aryl methyl sites for hydroxylation is 4. The monoisotopic (exact) mass is 1070 g/mol. The number of fused-ring (bicyclic) bond motifs is 4. The number of rotatable bonds is 11. The van der Waals surface area contributed by atoms with Crippen LogP contribution < -0.4 is 36.4 Å². The molecule has 20 heteroatoms. The molecule has 2 saturated heterocycles. The number of hydrogen-bond acceptors (Lipinski definition) is 11. The predicted octanol–water partition coefficient (Wildman–Crippen LogP) is 7.36. The zero-order valence-corrected chi connectivity index (χ0v) is 46.2. The quantitative estimate of drug-likeness (QED) is 0.100. The lowest BCUT2D eigenvalue weighted by molar-refractivity contribution is -0.124. The predicted molar refractivity (Wildman–Crippen MR) is 296 cm³/mol. The topological polar surface area (TPSA) is 208 Å². The molecular weight excluding hydrogens is 992 g/mol. The van der Waals surface area contributed by atoms with Gasteiger partial charge in [-0.1, -0.05) is 12.1 Å². The molecule has 408 valence electrons. The summed E-state index contributed by atoms with van der Waals surface area (Å²) in [6.07, 6.45) is 16.8. The van der Waals surface area contributed by atoms with Crippen molar-refractivity contribution in [3.05, 3.63) is 71.0 Å². The van der Waals surface area contributed by atoms with E-state index >= 15 is 0 Å². The molecule has 2 saturated carbocycles. The van der Waals surface area contributed by atoms with Crippen LogP contribution >= 0.6 is 12.4 Å². The Morgan fingerprint density at radius 3 is 1.43 bits per heavy atom. The summed E-state index contributed by atoms with van der Waals surface area (Å²) in [6.45, 7) is 9.53. The number of nitrogens with zero attached hydrogens (tertiary/aromatic N) is 7. The van der Waals surface area contributed by atoms with Gasteiger partial charge >= 0.3 is 0 Å². The highest BCUT2D eigenvalue weighted by atomic mass is 35.5. The average molecular weight is 1070 g/mol. The van der Waals surface area contributed by atoms with Crippen LogP contribution in [0.25, 0.3) is 0 Å². The minimum absolute atomic E-state index is 0. The normalized spacial score (nSPS) is 22.1. The lowest BCUT2D eigenvalue weighted by Crippen LogP contribution is -2.40. The lowest BCUT2D eigenvalue weighted by Gasteiger charge is -2.32. The molecule has 10 rings (SSSR count). The third-order valence-electron chi connectivity index (χ3n) is 16.6. The van der Waals surface area contributed by atoms with Gasteiger partial charge in [0.05, 0.1) is 54.5 Å². The van der Waals surface area contributed by atoms with Crippen molar-refractivity contribution in [1.29, 1.82) is 0 Å². The molecule has 4 aromatic rings. The maximum absolute atomic E-state index is 13.8. The van der Waals surface area contributed by atoms with E-state index in [-0.39, 0.29) is 53.8 Å². The summed E-state index contributed by atoms with van der Waals surface area (Å²) < 4.78 is 28.5. The van der Waals surface area contributed by atoms with Crippen molar-refractivity contribution in [2.45, 2.75) is 117 Å². The van der Waals surface area contributed by atoms with E-state index < -0.39 is 10.0 Å². The molecule has 2 aromatic heterocycles. The van der Waals surface area contributed by atoms with E-state index in [1.54, 1.807) is 0 Å². The Morgan fingerprint density at radius 2 is 1.01 bits per heavy atom. The minimum atomic E-state index is -3.15. The number of aromatic nitrogens is 4. The summed E-state index contributed by atoms with van der Waals surface area (Å²) in [6, 6.07) is 12.4. The van der Waals surface area contributed by atoms with Crippen molar-refractivity contribution in [1.82, 2.24) is 39.8 Å². The standard InChI is InChI=1S/C28H40N6O4S.C27H38N6O2.ClH/c1-19-4-9-25-24(14-19)31-27-23(17-30-32(27)2)18-34(25)28(36)22-7-5-21(6-8-22)16-29-26(35)15-20-10-12-33(13-11-20)39(3,37)38;1-18-3-8-24-23(13-18)31-26-22(16-30-32(26)2)17-33(24)27(35)21-6-4-20(5-7-21)15-29-25(34)14-19-9-11-28-12-10-19;/h4,9,14,17,20-22,31H,5-8,10-13,15-16,18H2,1-3H3,(H,29,35);3,8,13,16,19-21,28,31H,4-7,9-12,14-15,17H2,1-2H3,(H,29,34);1H. The summed E-state index contributed by atoms with van der Waals surface area (Å²) in [5.74, 6) is 3.99. The third-order valence-corrected chi connectivity index (χ3v) is 17.9. The smallest absolute Gasteiger partial charge is 0.230 e. The molecule has 2 aromatic carbocycles. The van der Waals surface area contributed by atoms with Crippen molar-refractivity contribution in [2.24, 2.45) is 49.6 Å². The summed E-state index contributed by atoms with van der Waals surface area (Å²) in [5, 5.41) is 25.4. The molecule has 6 aliphatic rings. The summed E-state index contributed by atoms with van der Waals surface area (Å²) in [7, 11) is 0.673. The second-order valence-corrected chi connectivity index (χ2v) is 24.2. The van der Waals surface area contributed by atoms with E-state index in [4.69, 9.17) is 0 Å². The first-order chi connectivity index (χ1) is 35.6. The van der Waals surface area contributed by atoms with Crippen LogP contribution in [-0.4, -0.2) is 101 Å². The van der Waals surface area contributed by atoms with Crippen molar-refractivity contribution in [3.63, 3.8) is 0 Å². The molecule has 18 nitrogen and oxygen atoms in total. The zero-order valence-electron chi connectivity index (χ0n) is 44.5. The number of amides is 4. The summed E-state index contributed by atoms with van der Waals surface area (Å²) in [4.78, 5) is 56.4. The molecule has 4 aliphatic heterocycles. The van der Waals surface area contributed by atoms with E-state index in [9.17, 15) is 27.6 Å². The summed E-state index contributed by atoms with van der Waals surface area (Å²) in [5.41, 5.74) is 8.01. The van der Waals surface area contributed by atoms with Crippen LogP contribution in [0.3, 0.4) is 0 Å². The molecule has 0 bridgehead atoms. The van der Waals surface area contributed by atoms with Crippen molar-refractivity contribution < 1.29 is 27.6 Å². The fourth-order valence-corrected chi connectivity index (χ4v) is 12.9. The largest absolute Gasteiger partial charge is 0.356 e. The highest BCUT2D eigenvalue weighted by Gasteiger charge is 2.36. The van der Waals surface area contributed by atoms with Gasteiger partial charge in [0, 0.05) is 76.1 Å². The maximum atomic E-state index is 13.8. The number of benzene rings is 2. The Labute approximate surface area is 449 Å². The van der Waals surface area contributed by atoms with E-state index in [1.807, 2.05) is 64.7 Å². The van der Waals surface area contributed by atoms with E-state index in [0.29, 0.717) is 63.3 Å². The number of halogens is 1. The van der Waals surface area contributed by atoms with Gasteiger partial charge in [-0.15, -0.1) is 12.4 Å². The number of nitrogens with one attached hydrogen (secondary N) is 5. The lowest BCUT2D eigenvalue weighted by atomic mass is 9.81. The van der Waals surface area contributed by atoms with Gasteiger partial charge in [0.25, 0.3) is 0 Å². The first-order valence-electron chi connectivity index (χ1n) is 27.1. The number of hydrogen-bond donors (Lipinski definition) is 5. The van der Waals surface area contributed by atoms with Crippen molar-refractivity contribution in [2.75, 3.05) is 66.0 Å². The van der Waals surface area contributed by atoms with Crippen LogP contribution in [0.5, 0.6) is 0 Å². The molecule has 0 radical (unpaired) electrons. The number of carbonyl (C=O) groups is 4. The van der Waals surface area contributed by atoms with Crippen LogP contribution in [0, 0.1) is 49.4 Å². The number of piperidine rings is 2. The van der Waals surface area contributed by atoms with Crippen LogP contribution in [-0.2, 0) is 56.4 Å². The Hall–Kier alpha value is -5.50. The maximum Gasteiger partial charge on any atom is 0.230 e. The van der Waals surface area contributed by atoms with Crippen molar-refractivity contribution in [3.8, 4) is 0 Å². The van der Waals surface area contributed by atoms with Gasteiger partial charge in [0.1, 0.15) is 11.6 Å². The molecule has 0 atom stereocenters. The molecule has 6 heterocycles. The molecule has 75 heavy (non-hydrogen) atoms. The SMILES string of the molecule is Cc1ccc2c(c1)Nc1c(cnn1C)CN2C(=O)C1CCC(CNC(=O)CC2CCN(S(C)(=O)=O)CC2)CC1.Cc1ccc2c(c1)Nc1c(cnn1C)CN2C(=O)C1CCC(CNC(=O)CC2CCNCC2)CC1.Cl. The van der Waals surface area contributed by atoms with E-state index in [2.05, 4.69) is 68.0 Å². The minimum Gasteiger partial charge on any atom is -0.356 e. The molecule has 2 aliphatic carbocycles. The van der Waals surface area contributed by atoms with Gasteiger partial charge < -0.3 is 36.4 Å². The van der Waals surface area contributed by atoms with E-state index in [0.717, 1.165) is 153 Å². The number of carbonyl (C=O) groups excluding carboxylic acids is 4.